The third-order valence-corrected chi connectivity index (χ3v) is 6.95. The van der Waals surface area contributed by atoms with Gasteiger partial charge in [-0.05, 0) is 80.8 Å². The molecule has 0 aromatic heterocycles. The molecular formula is C21H30N2O2. The summed E-state index contributed by atoms with van der Waals surface area (Å²) in [4.78, 5) is 12.4. The Morgan fingerprint density at radius 3 is 2.36 bits per heavy atom. The van der Waals surface area contributed by atoms with Crippen LogP contribution in [0.2, 0.25) is 0 Å². The molecule has 4 nitrogen and oxygen atoms in total. The molecule has 0 saturated heterocycles. The highest BCUT2D eigenvalue weighted by Gasteiger charge is 2.52. The van der Waals surface area contributed by atoms with E-state index in [1.54, 1.807) is 7.11 Å². The van der Waals surface area contributed by atoms with Crippen molar-refractivity contribution in [3.05, 3.63) is 24.3 Å². The van der Waals surface area contributed by atoms with Crippen LogP contribution in [0, 0.1) is 23.2 Å². The van der Waals surface area contributed by atoms with E-state index in [0.29, 0.717) is 23.8 Å². The van der Waals surface area contributed by atoms with Crippen molar-refractivity contribution in [3.8, 4) is 5.75 Å². The van der Waals surface area contributed by atoms with Gasteiger partial charge in [-0.3, -0.25) is 4.79 Å². The van der Waals surface area contributed by atoms with Gasteiger partial charge in [-0.2, -0.15) is 0 Å². The van der Waals surface area contributed by atoms with Gasteiger partial charge >= 0.3 is 0 Å². The second kappa shape index (κ2) is 6.64. The van der Waals surface area contributed by atoms with E-state index in [1.165, 1.54) is 38.5 Å². The van der Waals surface area contributed by atoms with Gasteiger partial charge in [0.15, 0.2) is 0 Å². The maximum Gasteiger partial charge on any atom is 0.238 e. The molecule has 4 saturated carbocycles. The molecule has 0 heterocycles. The minimum atomic E-state index is 0.000998. The number of benzene rings is 1. The van der Waals surface area contributed by atoms with Gasteiger partial charge in [0.1, 0.15) is 5.75 Å². The number of amides is 1. The molecule has 1 aromatic rings. The van der Waals surface area contributed by atoms with Crippen molar-refractivity contribution in [3.63, 3.8) is 0 Å². The lowest BCUT2D eigenvalue weighted by Crippen LogP contribution is -2.55. The second-order valence-corrected chi connectivity index (χ2v) is 8.63. The zero-order valence-electron chi connectivity index (χ0n) is 15.4. The minimum absolute atomic E-state index is 0.000998. The predicted octanol–water partition coefficient (Wildman–Crippen LogP) is 3.83. The Bertz CT molecular complexity index is 607. The molecule has 5 rings (SSSR count). The van der Waals surface area contributed by atoms with Crippen LogP contribution in [0.25, 0.3) is 0 Å². The lowest BCUT2D eigenvalue weighted by molar-refractivity contribution is -0.116. The van der Waals surface area contributed by atoms with Crippen molar-refractivity contribution in [2.75, 3.05) is 19.0 Å². The quantitative estimate of drug-likeness (QED) is 0.826. The summed E-state index contributed by atoms with van der Waals surface area (Å²) in [5, 5.41) is 6.51. The molecule has 4 heteroatoms. The van der Waals surface area contributed by atoms with Gasteiger partial charge < -0.3 is 15.4 Å². The second-order valence-electron chi connectivity index (χ2n) is 8.63. The molecule has 4 aliphatic rings. The number of carbonyl (C=O) groups excluding carboxylic acids is 1. The number of para-hydroxylation sites is 2. The van der Waals surface area contributed by atoms with E-state index < -0.39 is 0 Å². The van der Waals surface area contributed by atoms with Crippen molar-refractivity contribution in [2.45, 2.75) is 51.5 Å². The molecule has 1 amide bonds. The summed E-state index contributed by atoms with van der Waals surface area (Å²) in [5.74, 6) is 3.53. The summed E-state index contributed by atoms with van der Waals surface area (Å²) in [7, 11) is 1.62. The Balaban J connectivity index is 1.34. The largest absolute Gasteiger partial charge is 0.495 e. The molecule has 0 spiro atoms. The average molecular weight is 342 g/mol. The van der Waals surface area contributed by atoms with Crippen LogP contribution in [0.3, 0.4) is 0 Å². The molecular weight excluding hydrogens is 312 g/mol. The Kier molecular flexibility index (Phi) is 4.48. The molecule has 2 N–H and O–H groups in total. The number of methoxy groups -OCH3 is 1. The van der Waals surface area contributed by atoms with Gasteiger partial charge in [-0.1, -0.05) is 12.1 Å². The summed E-state index contributed by atoms with van der Waals surface area (Å²) < 4.78 is 5.30. The Labute approximate surface area is 150 Å². The van der Waals surface area contributed by atoms with Crippen molar-refractivity contribution in [1.82, 2.24) is 5.32 Å². The van der Waals surface area contributed by atoms with Crippen molar-refractivity contribution in [1.29, 1.82) is 0 Å². The van der Waals surface area contributed by atoms with Crippen LogP contribution in [0.15, 0.2) is 24.3 Å². The molecule has 1 atom stereocenters. The highest BCUT2D eigenvalue weighted by atomic mass is 16.5. The number of carbonyl (C=O) groups is 1. The molecule has 4 bridgehead atoms. The zero-order valence-corrected chi connectivity index (χ0v) is 15.4. The first kappa shape index (κ1) is 16.9. The fraction of sp³-hybridized carbons (Fsp3) is 0.667. The van der Waals surface area contributed by atoms with Crippen molar-refractivity contribution < 1.29 is 9.53 Å². The SMILES string of the molecule is COc1ccccc1NC(=O)CNC(C)C12CC3CC(CC(C3)C1)C2. The number of ether oxygens (including phenoxy) is 1. The fourth-order valence-corrected chi connectivity index (χ4v) is 6.11. The Morgan fingerprint density at radius 1 is 1.16 bits per heavy atom. The standard InChI is InChI=1S/C21H30N2O2/c1-14(21-10-15-7-16(11-21)9-17(8-15)12-21)22-13-20(24)23-18-5-3-4-6-19(18)25-2/h3-6,14-17,22H,7-13H2,1-2H3,(H,23,24). The number of anilines is 1. The van der Waals surface area contributed by atoms with E-state index in [4.69, 9.17) is 4.74 Å². The molecule has 4 aliphatic carbocycles. The lowest BCUT2D eigenvalue weighted by Gasteiger charge is -2.59. The normalized spacial score (nSPS) is 33.9. The van der Waals surface area contributed by atoms with E-state index in [2.05, 4.69) is 17.6 Å². The van der Waals surface area contributed by atoms with Gasteiger partial charge in [0, 0.05) is 6.04 Å². The summed E-state index contributed by atoms with van der Waals surface area (Å²) in [6.07, 6.45) is 8.46. The average Bonchev–Trinajstić information content (AvgIpc) is 2.59. The monoisotopic (exact) mass is 342 g/mol. The van der Waals surface area contributed by atoms with Crippen LogP contribution < -0.4 is 15.4 Å². The molecule has 136 valence electrons. The van der Waals surface area contributed by atoms with Crippen molar-refractivity contribution >= 4 is 11.6 Å². The molecule has 1 aromatic carbocycles. The van der Waals surface area contributed by atoms with E-state index in [-0.39, 0.29) is 5.91 Å². The predicted molar refractivity (Wildman–Crippen MR) is 99.7 cm³/mol. The highest BCUT2D eigenvalue weighted by molar-refractivity contribution is 5.93. The Hall–Kier alpha value is -1.55. The Morgan fingerprint density at radius 2 is 1.76 bits per heavy atom. The molecule has 0 aliphatic heterocycles. The fourth-order valence-electron chi connectivity index (χ4n) is 6.11. The first-order valence-electron chi connectivity index (χ1n) is 9.74. The van der Waals surface area contributed by atoms with Crippen LogP contribution in [0.1, 0.15) is 45.4 Å². The molecule has 25 heavy (non-hydrogen) atoms. The molecule has 4 fully saturated rings. The van der Waals surface area contributed by atoms with Gasteiger partial charge in [0.2, 0.25) is 5.91 Å². The zero-order chi connectivity index (χ0) is 17.4. The van der Waals surface area contributed by atoms with E-state index >= 15 is 0 Å². The molecule has 0 radical (unpaired) electrons. The van der Waals surface area contributed by atoms with Gasteiger partial charge in [-0.25, -0.2) is 0 Å². The first-order chi connectivity index (χ1) is 12.1. The van der Waals surface area contributed by atoms with Crippen LogP contribution >= 0.6 is 0 Å². The highest BCUT2D eigenvalue weighted by Crippen LogP contribution is 2.61. The van der Waals surface area contributed by atoms with E-state index in [9.17, 15) is 4.79 Å². The number of rotatable bonds is 6. The smallest absolute Gasteiger partial charge is 0.238 e. The van der Waals surface area contributed by atoms with E-state index in [0.717, 1.165) is 23.4 Å². The topological polar surface area (TPSA) is 50.4 Å². The van der Waals surface area contributed by atoms with Gasteiger partial charge in [0.05, 0.1) is 19.3 Å². The summed E-state index contributed by atoms with van der Waals surface area (Å²) in [6, 6.07) is 7.95. The maximum absolute atomic E-state index is 12.4. The number of hydrogen-bond acceptors (Lipinski definition) is 3. The third-order valence-electron chi connectivity index (χ3n) is 6.95. The number of nitrogens with one attached hydrogen (secondary N) is 2. The van der Waals surface area contributed by atoms with Crippen LogP contribution in [0.4, 0.5) is 5.69 Å². The van der Waals surface area contributed by atoms with Gasteiger partial charge in [-0.15, -0.1) is 0 Å². The van der Waals surface area contributed by atoms with Crippen molar-refractivity contribution in [2.24, 2.45) is 23.2 Å². The summed E-state index contributed by atoms with van der Waals surface area (Å²) in [6.45, 7) is 2.66. The van der Waals surface area contributed by atoms with Crippen LogP contribution in [-0.4, -0.2) is 25.6 Å². The first-order valence-corrected chi connectivity index (χ1v) is 9.74. The van der Waals surface area contributed by atoms with E-state index in [1.807, 2.05) is 24.3 Å². The minimum Gasteiger partial charge on any atom is -0.495 e. The maximum atomic E-state index is 12.4. The van der Waals surface area contributed by atoms with Gasteiger partial charge in [0.25, 0.3) is 0 Å². The lowest BCUT2D eigenvalue weighted by atomic mass is 9.48. The number of hydrogen-bond donors (Lipinski definition) is 2. The van der Waals surface area contributed by atoms with Crippen LogP contribution in [0.5, 0.6) is 5.75 Å². The van der Waals surface area contributed by atoms with Crippen LogP contribution in [-0.2, 0) is 4.79 Å². The third kappa shape index (κ3) is 3.29. The molecule has 1 unspecified atom stereocenters. The summed E-state index contributed by atoms with van der Waals surface area (Å²) in [5.41, 5.74) is 1.17. The summed E-state index contributed by atoms with van der Waals surface area (Å²) >= 11 is 0.